The second-order valence-corrected chi connectivity index (χ2v) is 10.0. The topological polar surface area (TPSA) is 136 Å². The summed E-state index contributed by atoms with van der Waals surface area (Å²) in [4.78, 5) is 42.9. The maximum Gasteiger partial charge on any atom is 0.321 e. The lowest BCUT2D eigenvalue weighted by molar-refractivity contribution is -0.134. The predicted octanol–water partition coefficient (Wildman–Crippen LogP) is 5.62. The third kappa shape index (κ3) is 6.94. The fraction of sp³-hybridized carbons (Fsp3) is 0.286. The Morgan fingerprint density at radius 3 is 2.54 bits per heavy atom. The average Bonchev–Trinajstić information content (AvgIpc) is 3.53. The minimum atomic E-state index is -0.817. The van der Waals surface area contributed by atoms with E-state index in [0.29, 0.717) is 28.7 Å². The standard InChI is InChI=1S/C28H29N5O5S/c1-5-18-10-9-13-20(16(2)3)24(18)30-26(36)22(35)14-21(34)25-17(4)29-28(39-25)31-27-33-32-23(38-27)15-37-19-11-7-6-8-12-19/h6-13,16H,5,14-15H2,1-4H3,(H,30,36)(H,29,31,33). The summed E-state index contributed by atoms with van der Waals surface area (Å²) in [6.45, 7) is 7.75. The van der Waals surface area contributed by atoms with E-state index >= 15 is 0 Å². The van der Waals surface area contributed by atoms with Crippen LogP contribution in [0.3, 0.4) is 0 Å². The van der Waals surface area contributed by atoms with Gasteiger partial charge in [0.25, 0.3) is 11.8 Å². The van der Waals surface area contributed by atoms with Crippen molar-refractivity contribution in [3.05, 3.63) is 76.1 Å². The van der Waals surface area contributed by atoms with Crippen LogP contribution < -0.4 is 15.4 Å². The molecule has 0 aliphatic rings. The predicted molar refractivity (Wildman–Crippen MR) is 148 cm³/mol. The summed E-state index contributed by atoms with van der Waals surface area (Å²) in [5.41, 5.74) is 2.92. The molecule has 11 heteroatoms. The Morgan fingerprint density at radius 1 is 1.05 bits per heavy atom. The van der Waals surface area contributed by atoms with E-state index < -0.39 is 23.9 Å². The Labute approximate surface area is 229 Å². The number of carbonyl (C=O) groups is 3. The highest BCUT2D eigenvalue weighted by Gasteiger charge is 2.24. The minimum absolute atomic E-state index is 0.0837. The number of aromatic nitrogens is 3. The molecule has 2 aromatic carbocycles. The summed E-state index contributed by atoms with van der Waals surface area (Å²) in [6, 6.07) is 15.1. The van der Waals surface area contributed by atoms with E-state index in [-0.39, 0.29) is 29.3 Å². The molecule has 0 saturated heterocycles. The van der Waals surface area contributed by atoms with Crippen molar-refractivity contribution in [2.45, 2.75) is 53.1 Å². The van der Waals surface area contributed by atoms with Crippen molar-refractivity contribution in [3.63, 3.8) is 0 Å². The number of carbonyl (C=O) groups excluding carboxylic acids is 3. The Balaban J connectivity index is 1.36. The highest BCUT2D eigenvalue weighted by molar-refractivity contribution is 7.17. The summed E-state index contributed by atoms with van der Waals surface area (Å²) >= 11 is 1.04. The number of ether oxygens (including phenoxy) is 1. The van der Waals surface area contributed by atoms with E-state index in [0.717, 1.165) is 22.5 Å². The van der Waals surface area contributed by atoms with E-state index in [9.17, 15) is 14.4 Å². The zero-order chi connectivity index (χ0) is 27.9. The van der Waals surface area contributed by atoms with E-state index in [2.05, 4.69) is 25.8 Å². The van der Waals surface area contributed by atoms with Crippen molar-refractivity contribution < 1.29 is 23.5 Å². The highest BCUT2D eigenvalue weighted by atomic mass is 32.1. The minimum Gasteiger partial charge on any atom is -0.484 e. The SMILES string of the molecule is CCc1cccc(C(C)C)c1NC(=O)C(=O)CC(=O)c1sc(Nc2nnc(COc3ccccc3)o2)nc1C. The van der Waals surface area contributed by atoms with Gasteiger partial charge in [0.15, 0.2) is 17.5 Å². The molecule has 0 saturated carbocycles. The molecule has 1 amide bonds. The quantitative estimate of drug-likeness (QED) is 0.131. The van der Waals surface area contributed by atoms with Crippen molar-refractivity contribution in [3.8, 4) is 5.75 Å². The third-order valence-corrected chi connectivity index (χ3v) is 6.95. The number of ketones is 2. The molecule has 0 radical (unpaired) electrons. The third-order valence-electron chi connectivity index (χ3n) is 5.83. The normalized spacial score (nSPS) is 10.9. The van der Waals surface area contributed by atoms with Crippen molar-refractivity contribution in [1.29, 1.82) is 0 Å². The zero-order valence-electron chi connectivity index (χ0n) is 22.1. The Morgan fingerprint density at radius 2 is 1.82 bits per heavy atom. The highest BCUT2D eigenvalue weighted by Crippen LogP contribution is 2.29. The molecular formula is C28H29N5O5S. The van der Waals surface area contributed by atoms with Gasteiger partial charge in [-0.3, -0.25) is 19.7 Å². The number of amides is 1. The maximum atomic E-state index is 12.9. The van der Waals surface area contributed by atoms with Crippen LogP contribution in [-0.4, -0.2) is 32.7 Å². The molecule has 2 N–H and O–H groups in total. The van der Waals surface area contributed by atoms with Crippen LogP contribution in [0.5, 0.6) is 5.75 Å². The smallest absolute Gasteiger partial charge is 0.321 e. The summed E-state index contributed by atoms with van der Waals surface area (Å²) in [6.07, 6.45) is 0.127. The molecule has 0 unspecified atom stereocenters. The lowest BCUT2D eigenvalue weighted by Crippen LogP contribution is -2.26. The van der Waals surface area contributed by atoms with E-state index in [1.54, 1.807) is 6.92 Å². The van der Waals surface area contributed by atoms with Crippen LogP contribution in [0.1, 0.15) is 65.5 Å². The number of rotatable bonds is 12. The van der Waals surface area contributed by atoms with Gasteiger partial charge in [-0.25, -0.2) is 4.98 Å². The molecule has 202 valence electrons. The van der Waals surface area contributed by atoms with Crippen LogP contribution in [0.2, 0.25) is 0 Å². The molecule has 2 heterocycles. The van der Waals surface area contributed by atoms with Gasteiger partial charge >= 0.3 is 6.01 Å². The first-order valence-electron chi connectivity index (χ1n) is 12.5. The number of Topliss-reactive ketones (excluding diaryl/α,β-unsaturated/α-hetero) is 2. The Hall–Kier alpha value is -4.38. The lowest BCUT2D eigenvalue weighted by atomic mass is 9.96. The largest absolute Gasteiger partial charge is 0.484 e. The number of nitrogens with zero attached hydrogens (tertiary/aromatic N) is 3. The Kier molecular flexibility index (Phi) is 8.82. The summed E-state index contributed by atoms with van der Waals surface area (Å²) < 4.78 is 11.1. The number of aryl methyl sites for hydroxylation is 2. The first-order chi connectivity index (χ1) is 18.7. The number of nitrogens with one attached hydrogen (secondary N) is 2. The van der Waals surface area contributed by atoms with Gasteiger partial charge in [-0.15, -0.1) is 5.10 Å². The average molecular weight is 548 g/mol. The number of para-hydroxylation sites is 2. The summed E-state index contributed by atoms with van der Waals surface area (Å²) in [5, 5.41) is 13.8. The van der Waals surface area contributed by atoms with Crippen molar-refractivity contribution in [2.75, 3.05) is 10.6 Å². The van der Waals surface area contributed by atoms with Crippen LogP contribution >= 0.6 is 11.3 Å². The summed E-state index contributed by atoms with van der Waals surface area (Å²) in [7, 11) is 0. The van der Waals surface area contributed by atoms with Gasteiger partial charge in [-0.1, -0.05) is 73.6 Å². The molecule has 0 fully saturated rings. The second kappa shape index (κ2) is 12.4. The molecule has 4 rings (SSSR count). The molecule has 4 aromatic rings. The zero-order valence-corrected chi connectivity index (χ0v) is 22.9. The maximum absolute atomic E-state index is 12.9. The van der Waals surface area contributed by atoms with E-state index in [1.807, 2.05) is 69.3 Å². The molecule has 0 aliphatic heterocycles. The number of thiazole rings is 1. The van der Waals surface area contributed by atoms with E-state index in [4.69, 9.17) is 9.15 Å². The molecule has 10 nitrogen and oxygen atoms in total. The fourth-order valence-electron chi connectivity index (χ4n) is 3.86. The molecule has 39 heavy (non-hydrogen) atoms. The second-order valence-electron chi connectivity index (χ2n) is 9.03. The molecule has 0 spiro atoms. The molecule has 2 aromatic heterocycles. The van der Waals surface area contributed by atoms with Crippen molar-refractivity contribution in [2.24, 2.45) is 0 Å². The number of benzene rings is 2. The first-order valence-corrected chi connectivity index (χ1v) is 13.3. The lowest BCUT2D eigenvalue weighted by Gasteiger charge is -2.17. The van der Waals surface area contributed by atoms with Gasteiger partial charge in [-0.2, -0.15) is 0 Å². The fourth-order valence-corrected chi connectivity index (χ4v) is 4.76. The molecule has 0 aliphatic carbocycles. The van der Waals surface area contributed by atoms with E-state index in [1.165, 1.54) is 0 Å². The number of hydrogen-bond acceptors (Lipinski definition) is 10. The summed E-state index contributed by atoms with van der Waals surface area (Å²) in [5.74, 6) is -1.05. The van der Waals surface area contributed by atoms with Crippen LogP contribution in [0.25, 0.3) is 0 Å². The monoisotopic (exact) mass is 547 g/mol. The van der Waals surface area contributed by atoms with Crippen LogP contribution in [0, 0.1) is 6.92 Å². The molecular weight excluding hydrogens is 518 g/mol. The number of anilines is 3. The van der Waals surface area contributed by atoms with Crippen LogP contribution in [0.15, 0.2) is 52.9 Å². The van der Waals surface area contributed by atoms with Gasteiger partial charge in [0, 0.05) is 5.69 Å². The first kappa shape index (κ1) is 27.6. The van der Waals surface area contributed by atoms with Crippen molar-refractivity contribution >= 4 is 45.6 Å². The molecule has 0 atom stereocenters. The van der Waals surface area contributed by atoms with Gasteiger partial charge < -0.3 is 14.5 Å². The number of hydrogen-bond donors (Lipinski definition) is 2. The Bertz CT molecular complexity index is 1480. The van der Waals surface area contributed by atoms with Crippen LogP contribution in [0.4, 0.5) is 16.8 Å². The molecule has 0 bridgehead atoms. The van der Waals surface area contributed by atoms with Gasteiger partial charge in [0.1, 0.15) is 5.75 Å². The van der Waals surface area contributed by atoms with Gasteiger partial charge in [0.2, 0.25) is 5.78 Å². The van der Waals surface area contributed by atoms with Crippen LogP contribution in [-0.2, 0) is 22.6 Å². The van der Waals surface area contributed by atoms with Gasteiger partial charge in [0.05, 0.1) is 17.0 Å². The van der Waals surface area contributed by atoms with Gasteiger partial charge in [-0.05, 0) is 42.5 Å². The van der Waals surface area contributed by atoms with Crippen molar-refractivity contribution in [1.82, 2.24) is 15.2 Å².